The van der Waals surface area contributed by atoms with Crippen LogP contribution >= 0.6 is 11.6 Å². The molecule has 0 saturated heterocycles. The van der Waals surface area contributed by atoms with Crippen LogP contribution in [0.25, 0.3) is 11.1 Å². The molecule has 2 amide bonds. The number of halogens is 1. The molecule has 0 radical (unpaired) electrons. The van der Waals surface area contributed by atoms with E-state index in [-0.39, 0.29) is 36.3 Å². The number of carbonyl (C=O) groups is 4. The average Bonchev–Trinajstić information content (AvgIpc) is 3.07. The van der Waals surface area contributed by atoms with Crippen LogP contribution in [-0.4, -0.2) is 45.1 Å². The SMILES string of the molecule is O=C(CC(CCN1C(=O)c2ccncc2C1=O)C(=O)O)c1ccc(-c2ccc(Cl)cc2)cc1. The molecule has 4 rings (SSSR count). The molecular weight excluding hydrogens is 444 g/mol. The highest BCUT2D eigenvalue weighted by atomic mass is 35.5. The fourth-order valence-corrected chi connectivity index (χ4v) is 3.89. The summed E-state index contributed by atoms with van der Waals surface area (Å²) in [6, 6.07) is 15.6. The number of rotatable bonds is 8. The number of hydrogen-bond acceptors (Lipinski definition) is 5. The maximum atomic E-state index is 12.7. The fourth-order valence-electron chi connectivity index (χ4n) is 3.77. The van der Waals surface area contributed by atoms with Gasteiger partial charge < -0.3 is 5.11 Å². The Kier molecular flexibility index (Phi) is 6.33. The van der Waals surface area contributed by atoms with Crippen LogP contribution in [0.4, 0.5) is 0 Å². The van der Waals surface area contributed by atoms with E-state index in [0.717, 1.165) is 16.0 Å². The molecule has 166 valence electrons. The van der Waals surface area contributed by atoms with E-state index in [0.29, 0.717) is 10.6 Å². The minimum atomic E-state index is -1.15. The van der Waals surface area contributed by atoms with Gasteiger partial charge >= 0.3 is 5.97 Å². The van der Waals surface area contributed by atoms with Crippen molar-refractivity contribution in [3.05, 3.63) is 88.7 Å². The van der Waals surface area contributed by atoms with Gasteiger partial charge in [0.05, 0.1) is 17.0 Å². The zero-order chi connectivity index (χ0) is 23.5. The largest absolute Gasteiger partial charge is 0.481 e. The first-order valence-corrected chi connectivity index (χ1v) is 10.6. The van der Waals surface area contributed by atoms with E-state index in [1.807, 2.05) is 12.1 Å². The van der Waals surface area contributed by atoms with Gasteiger partial charge in [0.15, 0.2) is 5.78 Å². The number of fused-ring (bicyclic) bond motifs is 1. The summed E-state index contributed by atoms with van der Waals surface area (Å²) in [5.74, 6) is -3.49. The first-order valence-electron chi connectivity index (χ1n) is 10.3. The maximum Gasteiger partial charge on any atom is 0.307 e. The summed E-state index contributed by atoms with van der Waals surface area (Å²) < 4.78 is 0. The quantitative estimate of drug-likeness (QED) is 0.394. The number of aromatic nitrogens is 1. The van der Waals surface area contributed by atoms with E-state index < -0.39 is 23.7 Å². The van der Waals surface area contributed by atoms with Crippen molar-refractivity contribution in [3.63, 3.8) is 0 Å². The minimum Gasteiger partial charge on any atom is -0.481 e. The highest BCUT2D eigenvalue weighted by Crippen LogP contribution is 2.25. The van der Waals surface area contributed by atoms with Crippen molar-refractivity contribution < 1.29 is 24.3 Å². The standard InChI is InChI=1S/C25H19ClN2O5/c26-19-7-5-16(6-8-19)15-1-3-17(4-2-15)22(29)13-18(25(32)33)10-12-28-23(30)20-9-11-27-14-21(20)24(28)31/h1-9,11,14,18H,10,12-13H2,(H,32,33). The molecule has 3 aromatic rings. The molecule has 8 heteroatoms. The fraction of sp³-hybridized carbons (Fsp3) is 0.160. The molecule has 1 atom stereocenters. The molecule has 0 fully saturated rings. The Morgan fingerprint density at radius 1 is 0.909 bits per heavy atom. The summed E-state index contributed by atoms with van der Waals surface area (Å²) in [6.45, 7) is -0.0912. The third-order valence-electron chi connectivity index (χ3n) is 5.64. The van der Waals surface area contributed by atoms with E-state index in [2.05, 4.69) is 4.98 Å². The lowest BCUT2D eigenvalue weighted by molar-refractivity contribution is -0.142. The topological polar surface area (TPSA) is 105 Å². The summed E-state index contributed by atoms with van der Waals surface area (Å²) in [5.41, 5.74) is 2.69. The van der Waals surface area contributed by atoms with E-state index >= 15 is 0 Å². The predicted octanol–water partition coefficient (Wildman–Crippen LogP) is 4.36. The van der Waals surface area contributed by atoms with Crippen molar-refractivity contribution in [2.24, 2.45) is 5.92 Å². The van der Waals surface area contributed by atoms with Gasteiger partial charge in [0.1, 0.15) is 0 Å². The van der Waals surface area contributed by atoms with Crippen LogP contribution in [0.1, 0.15) is 43.9 Å². The third-order valence-corrected chi connectivity index (χ3v) is 5.89. The first-order chi connectivity index (χ1) is 15.8. The summed E-state index contributed by atoms with van der Waals surface area (Å²) >= 11 is 5.91. The first kappa shape index (κ1) is 22.4. The van der Waals surface area contributed by atoms with Crippen molar-refractivity contribution in [1.82, 2.24) is 9.88 Å². The molecule has 1 aliphatic heterocycles. The van der Waals surface area contributed by atoms with Crippen molar-refractivity contribution in [2.75, 3.05) is 6.54 Å². The number of Topliss-reactive ketones (excluding diaryl/α,β-unsaturated/α-hetero) is 1. The van der Waals surface area contributed by atoms with Crippen LogP contribution in [0.3, 0.4) is 0 Å². The van der Waals surface area contributed by atoms with Crippen molar-refractivity contribution in [3.8, 4) is 11.1 Å². The molecule has 0 aliphatic carbocycles. The second-order valence-corrected chi connectivity index (χ2v) is 8.16. The second kappa shape index (κ2) is 9.34. The normalized spacial score (nSPS) is 13.7. The number of aliphatic carboxylic acids is 1. The number of amides is 2. The molecule has 1 aliphatic rings. The molecule has 2 heterocycles. The van der Waals surface area contributed by atoms with Crippen molar-refractivity contribution in [1.29, 1.82) is 0 Å². The number of carbonyl (C=O) groups excluding carboxylic acids is 3. The van der Waals surface area contributed by atoms with Gasteiger partial charge in [-0.25, -0.2) is 0 Å². The summed E-state index contributed by atoms with van der Waals surface area (Å²) in [4.78, 5) is 54.2. The number of hydrogen-bond donors (Lipinski definition) is 1. The maximum absolute atomic E-state index is 12.7. The lowest BCUT2D eigenvalue weighted by Gasteiger charge is -2.17. The number of benzene rings is 2. The van der Waals surface area contributed by atoms with Gasteiger partial charge in [-0.1, -0.05) is 48.0 Å². The monoisotopic (exact) mass is 462 g/mol. The van der Waals surface area contributed by atoms with Crippen LogP contribution in [0.2, 0.25) is 5.02 Å². The number of carboxylic acids is 1. The van der Waals surface area contributed by atoms with Gasteiger partial charge in [-0.15, -0.1) is 0 Å². The zero-order valence-electron chi connectivity index (χ0n) is 17.4. The van der Waals surface area contributed by atoms with Crippen LogP contribution in [0, 0.1) is 5.92 Å². The van der Waals surface area contributed by atoms with Crippen LogP contribution in [-0.2, 0) is 4.79 Å². The number of imide groups is 1. The van der Waals surface area contributed by atoms with Gasteiger partial charge in [0.25, 0.3) is 11.8 Å². The average molecular weight is 463 g/mol. The number of nitrogens with zero attached hydrogens (tertiary/aromatic N) is 2. The molecule has 0 spiro atoms. The van der Waals surface area contributed by atoms with E-state index in [1.165, 1.54) is 18.5 Å². The molecule has 1 aromatic heterocycles. The third kappa shape index (κ3) is 4.68. The van der Waals surface area contributed by atoms with Crippen molar-refractivity contribution in [2.45, 2.75) is 12.8 Å². The Bertz CT molecular complexity index is 1200. The Morgan fingerprint density at radius 3 is 2.12 bits per heavy atom. The molecule has 1 unspecified atom stereocenters. The molecular formula is C25H19ClN2O5. The lowest BCUT2D eigenvalue weighted by atomic mass is 9.94. The van der Waals surface area contributed by atoms with Gasteiger partial charge in [-0.2, -0.15) is 0 Å². The lowest BCUT2D eigenvalue weighted by Crippen LogP contribution is -2.33. The Labute approximate surface area is 194 Å². The van der Waals surface area contributed by atoms with Crippen LogP contribution in [0.5, 0.6) is 0 Å². The molecule has 2 aromatic carbocycles. The number of ketones is 1. The molecule has 33 heavy (non-hydrogen) atoms. The summed E-state index contributed by atoms with van der Waals surface area (Å²) in [7, 11) is 0. The van der Waals surface area contributed by atoms with E-state index in [1.54, 1.807) is 36.4 Å². The highest BCUT2D eigenvalue weighted by Gasteiger charge is 2.36. The van der Waals surface area contributed by atoms with Crippen LogP contribution in [0.15, 0.2) is 67.0 Å². The minimum absolute atomic E-state index is 0.0250. The van der Waals surface area contributed by atoms with Gasteiger partial charge in [0.2, 0.25) is 0 Å². The summed E-state index contributed by atoms with van der Waals surface area (Å²) in [5, 5.41) is 10.2. The molecule has 0 saturated carbocycles. The van der Waals surface area contributed by atoms with Crippen molar-refractivity contribution >= 4 is 35.2 Å². The predicted molar refractivity (Wildman–Crippen MR) is 121 cm³/mol. The number of pyridine rings is 1. The van der Waals surface area contributed by atoms with Gasteiger partial charge in [-0.05, 0) is 35.7 Å². The highest BCUT2D eigenvalue weighted by molar-refractivity contribution is 6.30. The molecule has 7 nitrogen and oxygen atoms in total. The molecule has 1 N–H and O–H groups in total. The Morgan fingerprint density at radius 2 is 1.52 bits per heavy atom. The Hall–Kier alpha value is -3.84. The number of carboxylic acid groups (broad SMARTS) is 1. The van der Waals surface area contributed by atoms with Gasteiger partial charge in [-0.3, -0.25) is 29.1 Å². The smallest absolute Gasteiger partial charge is 0.307 e. The zero-order valence-corrected chi connectivity index (χ0v) is 18.2. The second-order valence-electron chi connectivity index (χ2n) is 7.72. The van der Waals surface area contributed by atoms with Crippen LogP contribution < -0.4 is 0 Å². The van der Waals surface area contributed by atoms with Gasteiger partial charge in [0, 0.05) is 35.9 Å². The van der Waals surface area contributed by atoms with E-state index in [4.69, 9.17) is 11.6 Å². The summed E-state index contributed by atoms with van der Waals surface area (Å²) in [6.07, 6.45) is 2.48. The molecule has 0 bridgehead atoms. The Balaban J connectivity index is 1.40. The van der Waals surface area contributed by atoms with E-state index in [9.17, 15) is 24.3 Å².